The molecular weight excluding hydrogens is 226 g/mol. The van der Waals surface area contributed by atoms with Crippen molar-refractivity contribution in [1.29, 1.82) is 0 Å². The molecule has 16 heavy (non-hydrogen) atoms. The lowest BCUT2D eigenvalue weighted by atomic mass is 10.1. The highest BCUT2D eigenvalue weighted by Gasteiger charge is 2.10. The van der Waals surface area contributed by atoms with Crippen molar-refractivity contribution in [2.24, 2.45) is 5.14 Å². The van der Waals surface area contributed by atoms with E-state index in [1.165, 1.54) is 18.2 Å². The van der Waals surface area contributed by atoms with E-state index >= 15 is 0 Å². The van der Waals surface area contributed by atoms with Gasteiger partial charge in [0.15, 0.2) is 0 Å². The molecule has 0 amide bonds. The number of unbranched alkanes of at least 4 members (excludes halogenated alkanes) is 2. The van der Waals surface area contributed by atoms with Crippen LogP contribution in [0.15, 0.2) is 23.1 Å². The van der Waals surface area contributed by atoms with Gasteiger partial charge in [-0.15, -0.1) is 0 Å². The number of hydrogen-bond acceptors (Lipinski definition) is 3. The summed E-state index contributed by atoms with van der Waals surface area (Å²) in [6.45, 7) is 2.08. The molecule has 0 unspecified atom stereocenters. The summed E-state index contributed by atoms with van der Waals surface area (Å²) in [6.07, 6.45) is 3.73. The fraction of sp³-hybridized carbons (Fsp3) is 0.455. The quantitative estimate of drug-likeness (QED) is 0.773. The van der Waals surface area contributed by atoms with E-state index in [4.69, 9.17) is 5.14 Å². The van der Waals surface area contributed by atoms with Crippen LogP contribution in [0.2, 0.25) is 0 Å². The Balaban J connectivity index is 2.91. The van der Waals surface area contributed by atoms with Gasteiger partial charge >= 0.3 is 0 Å². The molecule has 0 radical (unpaired) electrons. The molecule has 0 aliphatic carbocycles. The predicted octanol–water partition coefficient (Wildman–Crippen LogP) is 1.77. The van der Waals surface area contributed by atoms with E-state index in [9.17, 15) is 13.5 Å². The third-order valence-corrected chi connectivity index (χ3v) is 3.34. The predicted molar refractivity (Wildman–Crippen MR) is 62.7 cm³/mol. The first-order chi connectivity index (χ1) is 7.45. The first kappa shape index (κ1) is 13.0. The van der Waals surface area contributed by atoms with Crippen molar-refractivity contribution in [2.45, 2.75) is 37.5 Å². The monoisotopic (exact) mass is 243 g/mol. The van der Waals surface area contributed by atoms with Gasteiger partial charge in [-0.3, -0.25) is 0 Å². The van der Waals surface area contributed by atoms with Crippen LogP contribution in [-0.2, 0) is 16.4 Å². The smallest absolute Gasteiger partial charge is 0.238 e. The van der Waals surface area contributed by atoms with Crippen molar-refractivity contribution in [3.05, 3.63) is 23.8 Å². The van der Waals surface area contributed by atoms with Gasteiger partial charge in [-0.25, -0.2) is 13.6 Å². The number of primary sulfonamides is 1. The maximum atomic E-state index is 11.1. The second-order valence-electron chi connectivity index (χ2n) is 3.79. The van der Waals surface area contributed by atoms with Gasteiger partial charge in [-0.2, -0.15) is 0 Å². The van der Waals surface area contributed by atoms with E-state index < -0.39 is 10.0 Å². The van der Waals surface area contributed by atoms with Crippen molar-refractivity contribution in [3.8, 4) is 5.75 Å². The number of hydrogen-bond donors (Lipinski definition) is 2. The third kappa shape index (κ3) is 3.50. The van der Waals surface area contributed by atoms with Crippen LogP contribution in [0.3, 0.4) is 0 Å². The standard InChI is InChI=1S/C11H17NO3S/c1-2-3-4-5-9-8-10(16(12,14)15)6-7-11(9)13/h6-8,13H,2-5H2,1H3,(H2,12,14,15). The molecule has 3 N–H and O–H groups in total. The van der Waals surface area contributed by atoms with Crippen LogP contribution < -0.4 is 5.14 Å². The second-order valence-corrected chi connectivity index (χ2v) is 5.35. The largest absolute Gasteiger partial charge is 0.508 e. The number of rotatable bonds is 5. The number of phenols is 1. The molecule has 1 rings (SSSR count). The molecule has 90 valence electrons. The molecule has 0 spiro atoms. The van der Waals surface area contributed by atoms with E-state index in [-0.39, 0.29) is 10.6 Å². The van der Waals surface area contributed by atoms with Gasteiger partial charge < -0.3 is 5.11 Å². The molecule has 0 aliphatic heterocycles. The van der Waals surface area contributed by atoms with E-state index in [2.05, 4.69) is 6.92 Å². The van der Waals surface area contributed by atoms with E-state index in [0.717, 1.165) is 19.3 Å². The Bertz CT molecular complexity index is 454. The van der Waals surface area contributed by atoms with Crippen LogP contribution in [0.25, 0.3) is 0 Å². The Hall–Kier alpha value is -1.07. The highest BCUT2D eigenvalue weighted by molar-refractivity contribution is 7.89. The number of nitrogens with two attached hydrogens (primary N) is 1. The Labute approximate surface area is 96.2 Å². The molecule has 0 saturated carbocycles. The zero-order valence-electron chi connectivity index (χ0n) is 9.31. The topological polar surface area (TPSA) is 80.4 Å². The molecule has 1 aromatic rings. The summed E-state index contributed by atoms with van der Waals surface area (Å²) in [5.74, 6) is 0.128. The van der Waals surface area contributed by atoms with Gasteiger partial charge in [-0.05, 0) is 36.6 Å². The molecule has 0 aromatic heterocycles. The second kappa shape index (κ2) is 5.32. The minimum Gasteiger partial charge on any atom is -0.508 e. The van der Waals surface area contributed by atoms with Crippen LogP contribution in [0, 0.1) is 0 Å². The lowest BCUT2D eigenvalue weighted by Gasteiger charge is -2.06. The first-order valence-corrected chi connectivity index (χ1v) is 6.84. The average molecular weight is 243 g/mol. The van der Waals surface area contributed by atoms with E-state index in [0.29, 0.717) is 12.0 Å². The zero-order valence-corrected chi connectivity index (χ0v) is 10.1. The highest BCUT2D eigenvalue weighted by Crippen LogP contribution is 2.22. The van der Waals surface area contributed by atoms with Gasteiger partial charge in [0.1, 0.15) is 5.75 Å². The van der Waals surface area contributed by atoms with E-state index in [1.54, 1.807) is 0 Å². The Morgan fingerprint density at radius 3 is 2.56 bits per heavy atom. The molecule has 0 heterocycles. The molecule has 4 nitrogen and oxygen atoms in total. The Morgan fingerprint density at radius 2 is 2.00 bits per heavy atom. The zero-order chi connectivity index (χ0) is 12.2. The van der Waals surface area contributed by atoms with Crippen LogP contribution in [-0.4, -0.2) is 13.5 Å². The number of aryl methyl sites for hydroxylation is 1. The number of sulfonamides is 1. The van der Waals surface area contributed by atoms with Gasteiger partial charge in [0.25, 0.3) is 0 Å². The van der Waals surface area contributed by atoms with Crippen molar-refractivity contribution in [3.63, 3.8) is 0 Å². The molecule has 5 heteroatoms. The Morgan fingerprint density at radius 1 is 1.31 bits per heavy atom. The van der Waals surface area contributed by atoms with Crippen LogP contribution in [0.5, 0.6) is 5.75 Å². The minimum absolute atomic E-state index is 0.0526. The summed E-state index contributed by atoms with van der Waals surface area (Å²) < 4.78 is 22.2. The van der Waals surface area contributed by atoms with Crippen molar-refractivity contribution < 1.29 is 13.5 Å². The first-order valence-electron chi connectivity index (χ1n) is 5.30. The summed E-state index contributed by atoms with van der Waals surface area (Å²) in [5, 5.41) is 14.6. The maximum Gasteiger partial charge on any atom is 0.238 e. The molecule has 0 atom stereocenters. The molecule has 0 fully saturated rings. The van der Waals surface area contributed by atoms with Crippen molar-refractivity contribution >= 4 is 10.0 Å². The number of phenolic OH excluding ortho intramolecular Hbond substituents is 1. The fourth-order valence-electron chi connectivity index (χ4n) is 1.50. The van der Waals surface area contributed by atoms with Crippen molar-refractivity contribution in [1.82, 2.24) is 0 Å². The SMILES string of the molecule is CCCCCc1cc(S(N)(=O)=O)ccc1O. The summed E-state index contributed by atoms with van der Waals surface area (Å²) in [6, 6.07) is 4.13. The van der Waals surface area contributed by atoms with Gasteiger partial charge in [-0.1, -0.05) is 19.8 Å². The van der Waals surface area contributed by atoms with Gasteiger partial charge in [0.2, 0.25) is 10.0 Å². The molecule has 0 aliphatic rings. The molecule has 1 aromatic carbocycles. The lowest BCUT2D eigenvalue weighted by Crippen LogP contribution is -2.12. The fourth-order valence-corrected chi connectivity index (χ4v) is 2.07. The molecule has 0 bridgehead atoms. The normalized spacial score (nSPS) is 11.6. The average Bonchev–Trinajstić information content (AvgIpc) is 2.19. The van der Waals surface area contributed by atoms with E-state index in [1.807, 2.05) is 0 Å². The number of benzene rings is 1. The summed E-state index contributed by atoms with van der Waals surface area (Å²) in [7, 11) is -3.68. The van der Waals surface area contributed by atoms with Gasteiger partial charge in [0.05, 0.1) is 4.90 Å². The summed E-state index contributed by atoms with van der Waals surface area (Å²) in [5.41, 5.74) is 0.639. The van der Waals surface area contributed by atoms with Gasteiger partial charge in [0, 0.05) is 0 Å². The van der Waals surface area contributed by atoms with Crippen LogP contribution in [0.4, 0.5) is 0 Å². The van der Waals surface area contributed by atoms with Crippen molar-refractivity contribution in [2.75, 3.05) is 0 Å². The number of aromatic hydroxyl groups is 1. The Kier molecular flexibility index (Phi) is 4.32. The molecular formula is C11H17NO3S. The molecule has 0 saturated heterocycles. The minimum atomic E-state index is -3.68. The third-order valence-electron chi connectivity index (χ3n) is 2.43. The maximum absolute atomic E-state index is 11.1. The van der Waals surface area contributed by atoms with Crippen LogP contribution >= 0.6 is 0 Å². The summed E-state index contributed by atoms with van der Waals surface area (Å²) in [4.78, 5) is 0.0526. The lowest BCUT2D eigenvalue weighted by molar-refractivity contribution is 0.465. The summed E-state index contributed by atoms with van der Waals surface area (Å²) >= 11 is 0. The van der Waals surface area contributed by atoms with Crippen LogP contribution in [0.1, 0.15) is 31.7 Å². The highest BCUT2D eigenvalue weighted by atomic mass is 32.2.